The Morgan fingerprint density at radius 1 is 0.452 bits per heavy atom. The van der Waals surface area contributed by atoms with Crippen LogP contribution in [0.4, 0.5) is 79.0 Å². The number of halogens is 18. The number of carbonyl (C=O) groups is 2. The Labute approximate surface area is 154 Å². The average Bonchev–Trinajstić information content (AvgIpc) is 2.41. The number of hydrogen-bond acceptors (Lipinski definition) is 4. The van der Waals surface area contributed by atoms with Gasteiger partial charge < -0.3 is 0 Å². The second kappa shape index (κ2) is 7.55. The summed E-state index contributed by atoms with van der Waals surface area (Å²) in [6.07, 6.45) is -15.7. The topological polar surface area (TPSA) is 40.6 Å². The van der Waals surface area contributed by atoms with E-state index < -0.39 is 64.6 Å². The summed E-state index contributed by atoms with van der Waals surface area (Å²) in [5.74, 6) is -8.72. The fourth-order valence-electron chi connectivity index (χ4n) is 1.63. The van der Waals surface area contributed by atoms with Crippen molar-refractivity contribution >= 4 is 12.1 Å². The highest BCUT2D eigenvalue weighted by Gasteiger charge is 2.87. The van der Waals surface area contributed by atoms with E-state index in [9.17, 15) is 88.6 Å². The fraction of sp³-hybridized carbons (Fsp3) is 0.778. The van der Waals surface area contributed by atoms with Crippen LogP contribution in [-0.2, 0) is 9.59 Å². The van der Waals surface area contributed by atoms with Crippen molar-refractivity contribution in [3.63, 3.8) is 0 Å². The molecule has 0 aliphatic heterocycles. The lowest BCUT2D eigenvalue weighted by Crippen LogP contribution is -2.76. The van der Waals surface area contributed by atoms with Gasteiger partial charge in [0.15, 0.2) is 0 Å². The highest BCUT2D eigenvalue weighted by Crippen LogP contribution is 2.57. The van der Waals surface area contributed by atoms with E-state index in [0.29, 0.717) is 0 Å². The molecule has 0 radical (unpaired) electrons. The fourth-order valence-corrected chi connectivity index (χ4v) is 1.63. The second-order valence-electron chi connectivity index (χ2n) is 4.89. The Balaban J connectivity index is 7.15. The maximum absolute atomic E-state index is 13.4. The third-order valence-corrected chi connectivity index (χ3v) is 2.86. The molecule has 0 aromatic carbocycles. The van der Waals surface area contributed by atoms with Gasteiger partial charge in [0.05, 0.1) is 0 Å². The van der Waals surface area contributed by atoms with Crippen LogP contribution in [0.5, 0.6) is 0 Å². The monoisotopic (exact) mass is 510 g/mol. The van der Waals surface area contributed by atoms with E-state index in [4.69, 9.17) is 0 Å². The predicted octanol–water partition coefficient (Wildman–Crippen LogP) is 4.63. The number of alkyl halides is 16. The van der Waals surface area contributed by atoms with Crippen LogP contribution >= 0.6 is 0 Å². The lowest BCUT2D eigenvalue weighted by Gasteiger charge is -2.44. The molecule has 0 aromatic heterocycles. The van der Waals surface area contributed by atoms with Gasteiger partial charge in [0.25, 0.3) is 0 Å². The van der Waals surface area contributed by atoms with Gasteiger partial charge in [0.2, 0.25) is 0 Å². The number of nitrogens with zero attached hydrogens (tertiary/aromatic N) is 2. The molecule has 0 aliphatic rings. The highest BCUT2D eigenvalue weighted by atomic mass is 19.4. The molecule has 0 saturated carbocycles. The first-order chi connectivity index (χ1) is 13.1. The molecule has 31 heavy (non-hydrogen) atoms. The summed E-state index contributed by atoms with van der Waals surface area (Å²) in [6.45, 7) is 0. The third kappa shape index (κ3) is 4.62. The first-order valence-corrected chi connectivity index (χ1v) is 6.15. The van der Waals surface area contributed by atoms with E-state index >= 15 is 0 Å². The number of hydrogen-bond donors (Lipinski definition) is 0. The molecule has 0 bridgehead atoms. The van der Waals surface area contributed by atoms with Gasteiger partial charge in [-0.15, -0.1) is 0 Å². The first kappa shape index (κ1) is 29.0. The van der Waals surface area contributed by atoms with Crippen molar-refractivity contribution in [1.82, 2.24) is 9.80 Å². The van der Waals surface area contributed by atoms with Crippen LogP contribution in [0.3, 0.4) is 0 Å². The molecule has 184 valence electrons. The van der Waals surface area contributed by atoms with E-state index in [1.54, 1.807) is 0 Å². The van der Waals surface area contributed by atoms with Gasteiger partial charge in [-0.2, -0.15) is 79.0 Å². The number of rotatable bonds is 8. The molecule has 0 aliphatic carbocycles. The zero-order valence-electron chi connectivity index (χ0n) is 13.0. The molecule has 0 unspecified atom stereocenters. The average molecular weight is 510 g/mol. The van der Waals surface area contributed by atoms with E-state index in [-0.39, 0.29) is 0 Å². The van der Waals surface area contributed by atoms with Crippen LogP contribution in [0.25, 0.3) is 0 Å². The minimum Gasteiger partial charge on any atom is -0.252 e. The Bertz CT molecular complexity index is 650. The molecule has 0 fully saturated rings. The summed E-state index contributed by atoms with van der Waals surface area (Å²) in [5.41, 5.74) is 0. The lowest BCUT2D eigenvalue weighted by molar-refractivity contribution is -0.496. The smallest absolute Gasteiger partial charge is 0.252 e. The molecule has 22 heteroatoms. The maximum atomic E-state index is 13.4. The zero-order valence-corrected chi connectivity index (χ0v) is 13.0. The molecule has 0 rings (SSSR count). The Morgan fingerprint density at radius 2 is 0.645 bits per heavy atom. The summed E-state index contributed by atoms with van der Waals surface area (Å²) < 4.78 is 230. The van der Waals surface area contributed by atoms with Crippen molar-refractivity contribution in [2.75, 3.05) is 0 Å². The van der Waals surface area contributed by atoms with Crippen LogP contribution in [0.2, 0.25) is 0 Å². The quantitative estimate of drug-likeness (QED) is 0.272. The summed E-state index contributed by atoms with van der Waals surface area (Å²) in [4.78, 5) is 10.4. The third-order valence-electron chi connectivity index (χ3n) is 2.86. The molecular weight excluding hydrogens is 510 g/mol. The van der Waals surface area contributed by atoms with E-state index in [1.807, 2.05) is 0 Å². The minimum absolute atomic E-state index is 4.59. The maximum Gasteiger partial charge on any atom is 0.470 e. The van der Waals surface area contributed by atoms with Crippen molar-refractivity contribution in [3.05, 3.63) is 0 Å². The molecule has 0 heterocycles. The highest BCUT2D eigenvalue weighted by molar-refractivity contribution is 5.76. The Kier molecular flexibility index (Phi) is 7.06. The Hall–Kier alpha value is -2.00. The summed E-state index contributed by atoms with van der Waals surface area (Å²) in [6, 6.07) is -41.9. The van der Waals surface area contributed by atoms with Gasteiger partial charge in [0.1, 0.15) is 0 Å². The van der Waals surface area contributed by atoms with Gasteiger partial charge in [-0.05, 0) is 0 Å². The molecule has 0 atom stereocenters. The first-order valence-electron chi connectivity index (χ1n) is 6.15. The van der Waals surface area contributed by atoms with E-state index in [0.717, 1.165) is 0 Å². The largest absolute Gasteiger partial charge is 0.470 e. The van der Waals surface area contributed by atoms with Crippen LogP contribution in [0.1, 0.15) is 0 Å². The van der Waals surface area contributed by atoms with Gasteiger partial charge >= 0.3 is 54.8 Å². The van der Waals surface area contributed by atoms with Crippen LogP contribution in [0, 0.1) is 0 Å². The van der Waals surface area contributed by atoms with Gasteiger partial charge in [-0.25, -0.2) is 0 Å². The minimum atomic E-state index is -8.72. The van der Waals surface area contributed by atoms with Crippen molar-refractivity contribution in [1.29, 1.82) is 0 Å². The van der Waals surface area contributed by atoms with E-state index in [1.165, 1.54) is 0 Å². The Morgan fingerprint density at radius 3 is 0.774 bits per heavy atom. The molecular formula is C9F18N2O2. The number of carbonyl (C=O) groups excluding carboxylic acids is 2. The second-order valence-corrected chi connectivity index (χ2v) is 4.89. The normalized spacial score (nSPS) is 15.6. The molecule has 4 nitrogen and oxygen atoms in total. The van der Waals surface area contributed by atoms with Crippen molar-refractivity contribution in [2.45, 2.75) is 42.7 Å². The van der Waals surface area contributed by atoms with Gasteiger partial charge in [-0.3, -0.25) is 9.59 Å². The van der Waals surface area contributed by atoms with Crippen LogP contribution < -0.4 is 0 Å². The molecule has 0 aromatic rings. The van der Waals surface area contributed by atoms with Crippen molar-refractivity contribution < 1.29 is 88.6 Å². The molecule has 0 N–H and O–H groups in total. The predicted molar refractivity (Wildman–Crippen MR) is 52.8 cm³/mol. The molecule has 0 saturated heterocycles. The van der Waals surface area contributed by atoms with Crippen molar-refractivity contribution in [2.24, 2.45) is 0 Å². The van der Waals surface area contributed by atoms with Crippen LogP contribution in [-0.4, -0.2) is 64.6 Å². The van der Waals surface area contributed by atoms with Gasteiger partial charge in [-0.1, -0.05) is 9.80 Å². The summed E-state index contributed by atoms with van der Waals surface area (Å²) in [5, 5.41) is 0. The van der Waals surface area contributed by atoms with Gasteiger partial charge in [0, 0.05) is 0 Å². The van der Waals surface area contributed by atoms with Crippen LogP contribution in [0.15, 0.2) is 0 Å². The zero-order chi connectivity index (χ0) is 25.8. The van der Waals surface area contributed by atoms with Crippen molar-refractivity contribution in [3.8, 4) is 0 Å². The lowest BCUT2D eigenvalue weighted by atomic mass is 10.1. The molecule has 0 amide bonds. The molecule has 0 spiro atoms. The van der Waals surface area contributed by atoms with E-state index in [2.05, 4.69) is 0 Å². The summed E-state index contributed by atoms with van der Waals surface area (Å²) in [7, 11) is 0. The standard InChI is InChI=1S/C9F18N2O2/c10-1(30)3(12,13)28(8(22,23)24)6(18,19)5(16,17)7(20,21)29(9(25,26)27)4(14,15)2(11)31. The summed E-state index contributed by atoms with van der Waals surface area (Å²) >= 11 is 0. The SMILES string of the molecule is O=C(F)C(F)(F)N(C(F)(F)F)C(F)(F)C(F)(F)C(F)(F)N(C(F)(F)F)C(F)(F)C(=O)F.